The molecule has 0 amide bonds. The molecule has 4 rings (SSSR count). The van der Waals surface area contributed by atoms with Gasteiger partial charge < -0.3 is 25.3 Å². The second-order valence-electron chi connectivity index (χ2n) is 13.7. The molecule has 1 atom stereocenters. The number of fused-ring (bicyclic) bond motifs is 1. The minimum Gasteiger partial charge on any atom is -1.00 e. The van der Waals surface area contributed by atoms with Crippen LogP contribution in [0.15, 0.2) is 71.6 Å². The number of aryl methyl sites for hydroxylation is 1. The van der Waals surface area contributed by atoms with Crippen LogP contribution in [0.25, 0.3) is 11.1 Å². The van der Waals surface area contributed by atoms with Gasteiger partial charge in [0.1, 0.15) is 4.90 Å². The van der Waals surface area contributed by atoms with Crippen LogP contribution >= 0.6 is 0 Å². The van der Waals surface area contributed by atoms with Crippen molar-refractivity contribution in [2.24, 2.45) is 5.92 Å². The predicted octanol–water partition coefficient (Wildman–Crippen LogP) is 5.93. The van der Waals surface area contributed by atoms with Crippen LogP contribution in [0.1, 0.15) is 77.1 Å². The molecule has 9 nitrogen and oxygen atoms in total. The monoisotopic (exact) mass is 756 g/mol. The van der Waals surface area contributed by atoms with E-state index in [0.717, 1.165) is 72.5 Å². The molecular weight excluding hydrogens is 700 g/mol. The first-order valence-corrected chi connectivity index (χ1v) is 19.2. The second-order valence-corrected chi connectivity index (χ2v) is 15.1. The van der Waals surface area contributed by atoms with E-state index in [2.05, 4.69) is 51.8 Å². The third-order valence-electron chi connectivity index (χ3n) is 9.82. The topological polar surface area (TPSA) is 118 Å². The molecule has 0 aliphatic heterocycles. The predicted molar refractivity (Wildman–Crippen MR) is 209 cm³/mol. The number of nitrogens with zero attached hydrogens (tertiary/aromatic N) is 2. The van der Waals surface area contributed by atoms with Gasteiger partial charge in [0.25, 0.3) is 10.1 Å². The summed E-state index contributed by atoms with van der Waals surface area (Å²) >= 11 is 0. The van der Waals surface area contributed by atoms with Gasteiger partial charge in [-0.1, -0.05) is 65.0 Å². The minimum atomic E-state index is -4.19. The number of hydrogen-bond donors (Lipinski definition) is 1. The molecular formula is C42H57N2NaO7S. The SMILES string of the molecule is CCc1cc(S(=O)(=O)O)c2cc(C(C)C)cccc1-2.COc1ccc(CCN(C)CCCC(C#N)(c2ccc(OC)c(OC)c2)C(C)C)cc1OC.[H-].[Na+]. The molecule has 0 radical (unpaired) electrons. The summed E-state index contributed by atoms with van der Waals surface area (Å²) in [7, 11) is 4.48. The van der Waals surface area contributed by atoms with Gasteiger partial charge in [-0.2, -0.15) is 13.7 Å². The van der Waals surface area contributed by atoms with Gasteiger partial charge in [0.05, 0.1) is 39.9 Å². The van der Waals surface area contributed by atoms with E-state index < -0.39 is 15.5 Å². The van der Waals surface area contributed by atoms with Gasteiger partial charge in [0, 0.05) is 12.1 Å². The van der Waals surface area contributed by atoms with E-state index in [1.54, 1.807) is 34.5 Å². The number of nitriles is 1. The number of hydrogen-bond acceptors (Lipinski definition) is 8. The van der Waals surface area contributed by atoms with Crippen molar-refractivity contribution in [1.82, 2.24) is 4.90 Å². The Labute approximate surface area is 341 Å². The Kier molecular flexibility index (Phi) is 18.1. The largest absolute Gasteiger partial charge is 1.00 e. The maximum absolute atomic E-state index is 11.5. The first kappa shape index (κ1) is 45.9. The number of likely N-dealkylation sites (N-methyl/N-ethyl adjacent to an activating group) is 1. The molecule has 0 bridgehead atoms. The Bertz CT molecular complexity index is 1900. The first-order valence-electron chi connectivity index (χ1n) is 17.8. The quantitative estimate of drug-likeness (QED) is 0.110. The van der Waals surface area contributed by atoms with Gasteiger partial charge in [0.2, 0.25) is 0 Å². The summed E-state index contributed by atoms with van der Waals surface area (Å²) in [5, 5.41) is 10.2. The Morgan fingerprint density at radius 1 is 0.830 bits per heavy atom. The summed E-state index contributed by atoms with van der Waals surface area (Å²) in [6.07, 6.45) is 3.34. The molecule has 0 saturated heterocycles. The number of methoxy groups -OCH3 is 4. The van der Waals surface area contributed by atoms with E-state index in [0.29, 0.717) is 23.0 Å². The fourth-order valence-electron chi connectivity index (χ4n) is 6.53. The summed E-state index contributed by atoms with van der Waals surface area (Å²) in [4.78, 5) is 2.32. The van der Waals surface area contributed by atoms with Crippen molar-refractivity contribution in [1.29, 1.82) is 5.26 Å². The van der Waals surface area contributed by atoms with E-state index in [9.17, 15) is 18.2 Å². The number of benzene rings is 2. The van der Waals surface area contributed by atoms with Crippen LogP contribution in [0.3, 0.4) is 0 Å². The molecule has 1 N–H and O–H groups in total. The third kappa shape index (κ3) is 11.6. The molecule has 11 heteroatoms. The maximum atomic E-state index is 11.5. The van der Waals surface area contributed by atoms with Crippen LogP contribution in [0.2, 0.25) is 0 Å². The Morgan fingerprint density at radius 2 is 1.43 bits per heavy atom. The van der Waals surface area contributed by atoms with Crippen LogP contribution in [0, 0.1) is 17.2 Å². The van der Waals surface area contributed by atoms with Crippen LogP contribution < -0.4 is 48.5 Å². The summed E-state index contributed by atoms with van der Waals surface area (Å²) in [5.41, 5.74) is 5.09. The fraction of sp³-hybridized carbons (Fsp3) is 0.452. The van der Waals surface area contributed by atoms with Crippen LogP contribution in [0.5, 0.6) is 23.0 Å². The van der Waals surface area contributed by atoms with Crippen molar-refractivity contribution < 1.29 is 62.9 Å². The molecule has 53 heavy (non-hydrogen) atoms. The fourth-order valence-corrected chi connectivity index (χ4v) is 7.26. The van der Waals surface area contributed by atoms with Crippen molar-refractivity contribution in [3.05, 3.63) is 89.0 Å². The minimum absolute atomic E-state index is 0. The van der Waals surface area contributed by atoms with E-state index in [1.807, 2.05) is 61.5 Å². The second kappa shape index (κ2) is 21.0. The normalized spacial score (nSPS) is 12.4. The zero-order chi connectivity index (χ0) is 38.6. The van der Waals surface area contributed by atoms with Crippen molar-refractivity contribution in [3.8, 4) is 40.2 Å². The summed E-state index contributed by atoms with van der Waals surface area (Å²) in [5.74, 6) is 3.28. The van der Waals surface area contributed by atoms with E-state index in [4.69, 9.17) is 18.9 Å². The van der Waals surface area contributed by atoms with E-state index >= 15 is 0 Å². The van der Waals surface area contributed by atoms with Gasteiger partial charge in [-0.05, 0) is 115 Å². The molecule has 0 saturated carbocycles. The average molecular weight is 757 g/mol. The van der Waals surface area contributed by atoms with Crippen molar-refractivity contribution >= 4 is 10.1 Å². The first-order chi connectivity index (χ1) is 24.7. The smallest absolute Gasteiger partial charge is 1.00 e. The van der Waals surface area contributed by atoms with Gasteiger partial charge in [-0.25, -0.2) is 0 Å². The van der Waals surface area contributed by atoms with Crippen molar-refractivity contribution in [2.45, 2.75) is 76.5 Å². The van der Waals surface area contributed by atoms with E-state index in [1.165, 1.54) is 5.56 Å². The molecule has 0 spiro atoms. The number of rotatable bonds is 16. The maximum Gasteiger partial charge on any atom is 1.00 e. The Morgan fingerprint density at radius 3 is 1.96 bits per heavy atom. The Hall–Kier alpha value is -3.30. The summed E-state index contributed by atoms with van der Waals surface area (Å²) in [6, 6.07) is 23.8. The molecule has 0 heterocycles. The number of ether oxygens (including phenoxy) is 4. The zero-order valence-electron chi connectivity index (χ0n) is 34.4. The zero-order valence-corrected chi connectivity index (χ0v) is 36.3. The molecule has 2 aliphatic carbocycles. The van der Waals surface area contributed by atoms with Crippen molar-refractivity contribution in [2.75, 3.05) is 48.6 Å². The van der Waals surface area contributed by atoms with Crippen molar-refractivity contribution in [3.63, 3.8) is 0 Å². The molecule has 1 unspecified atom stereocenters. The summed E-state index contributed by atoms with van der Waals surface area (Å²) < 4.78 is 54.0. The Balaban J connectivity index is 0.000000591. The molecule has 0 fully saturated rings. The van der Waals surface area contributed by atoms with Gasteiger partial charge in [-0.3, -0.25) is 4.55 Å². The van der Waals surface area contributed by atoms with Crippen LogP contribution in [0.4, 0.5) is 0 Å². The molecule has 0 aromatic heterocycles. The van der Waals surface area contributed by atoms with Gasteiger partial charge in [0.15, 0.2) is 23.0 Å². The average Bonchev–Trinajstić information content (AvgIpc) is 3.34. The molecule has 2 aliphatic rings. The molecule has 284 valence electrons. The van der Waals surface area contributed by atoms with Gasteiger partial charge >= 0.3 is 29.6 Å². The third-order valence-corrected chi connectivity index (χ3v) is 10.7. The van der Waals surface area contributed by atoms with Gasteiger partial charge in [-0.15, -0.1) is 0 Å². The molecule has 2 aromatic rings. The van der Waals surface area contributed by atoms with Crippen LogP contribution in [-0.2, 0) is 28.4 Å². The molecule has 2 aromatic carbocycles. The standard InChI is InChI=1S/C27H38N2O4.C15H18O3S.Na.H/c1-20(2)27(19-28,22-10-12-24(31-5)26(18-22)33-7)14-8-15-29(3)16-13-21-9-11-23(30-4)25(17-21)32-6;1-4-11-9-15(19(16,17)18)14-8-12(10(2)3)6-5-7-13(11)14;;/h9-12,17-18,20H,8,13-16H2,1-7H3;5-10H,4H2,1-3H3,(H,16,17,18);;/q;;+1;-1. The van der Waals surface area contributed by atoms with Crippen LogP contribution in [-0.4, -0.2) is 66.4 Å². The van der Waals surface area contributed by atoms with E-state index in [-0.39, 0.29) is 41.8 Å². The summed E-state index contributed by atoms with van der Waals surface area (Å²) in [6.45, 7) is 12.1.